The van der Waals surface area contributed by atoms with Crippen LogP contribution in [0.4, 0.5) is 0 Å². The molecule has 0 spiro atoms. The van der Waals surface area contributed by atoms with Gasteiger partial charge in [-0.25, -0.2) is 0 Å². The number of aromatic amines is 1. The third-order valence-corrected chi connectivity index (χ3v) is 5.06. The fraction of sp³-hybridized carbons (Fsp3) is 0.300. The summed E-state index contributed by atoms with van der Waals surface area (Å²) in [6.07, 6.45) is 2.99. The predicted octanol–water partition coefficient (Wildman–Crippen LogP) is 2.84. The van der Waals surface area contributed by atoms with Crippen molar-refractivity contribution in [3.8, 4) is 5.75 Å². The fourth-order valence-electron chi connectivity index (χ4n) is 3.73. The Kier molecular flexibility index (Phi) is 4.34. The highest BCUT2D eigenvalue weighted by Gasteiger charge is 2.24. The van der Waals surface area contributed by atoms with E-state index < -0.39 is 0 Å². The average Bonchev–Trinajstić information content (AvgIpc) is 3.12. The molecule has 2 aromatic carbocycles. The Balaban J connectivity index is 1.62. The second-order valence-corrected chi connectivity index (χ2v) is 6.61. The van der Waals surface area contributed by atoms with Gasteiger partial charge in [0.1, 0.15) is 11.3 Å². The molecule has 1 amide bonds. The highest BCUT2D eigenvalue weighted by atomic mass is 16.5. The summed E-state index contributed by atoms with van der Waals surface area (Å²) in [5.74, 6) is 0.497. The van der Waals surface area contributed by atoms with Crippen LogP contribution >= 0.6 is 0 Å². The van der Waals surface area contributed by atoms with Gasteiger partial charge in [0.25, 0.3) is 5.91 Å². The van der Waals surface area contributed by atoms with Crippen LogP contribution in [-0.2, 0) is 13.0 Å². The van der Waals surface area contributed by atoms with Gasteiger partial charge in [-0.1, -0.05) is 30.3 Å². The molecule has 6 heteroatoms. The highest BCUT2D eigenvalue weighted by molar-refractivity contribution is 6.06. The van der Waals surface area contributed by atoms with Crippen molar-refractivity contribution in [2.45, 2.75) is 31.8 Å². The quantitative estimate of drug-likeness (QED) is 0.674. The van der Waals surface area contributed by atoms with Crippen LogP contribution in [0.2, 0.25) is 0 Å². The van der Waals surface area contributed by atoms with Crippen molar-refractivity contribution in [1.82, 2.24) is 15.5 Å². The number of hydrogen-bond acceptors (Lipinski definition) is 4. The summed E-state index contributed by atoms with van der Waals surface area (Å²) in [4.78, 5) is 12.9. The third-order valence-electron chi connectivity index (χ3n) is 5.06. The van der Waals surface area contributed by atoms with Gasteiger partial charge in [0.15, 0.2) is 5.69 Å². The Labute approximate surface area is 151 Å². The number of carbonyl (C=O) groups excluding carboxylic acids is 1. The fourth-order valence-corrected chi connectivity index (χ4v) is 3.73. The number of carbonyl (C=O) groups is 1. The van der Waals surface area contributed by atoms with E-state index in [1.807, 2.05) is 24.3 Å². The van der Waals surface area contributed by atoms with Gasteiger partial charge in [-0.15, -0.1) is 0 Å². The second kappa shape index (κ2) is 6.80. The number of nitrogens with zero attached hydrogens (tertiary/aromatic N) is 1. The Bertz CT molecular complexity index is 964. The maximum Gasteiger partial charge on any atom is 0.272 e. The average molecular weight is 350 g/mol. The molecule has 1 unspecified atom stereocenters. The number of ether oxygens (including phenoxy) is 1. The lowest BCUT2D eigenvalue weighted by atomic mass is 9.86. The number of fused-ring (bicyclic) bond motifs is 2. The minimum Gasteiger partial charge on any atom is -0.494 e. The van der Waals surface area contributed by atoms with Crippen molar-refractivity contribution in [2.24, 2.45) is 5.73 Å². The van der Waals surface area contributed by atoms with Gasteiger partial charge in [0.2, 0.25) is 0 Å². The zero-order valence-electron chi connectivity index (χ0n) is 14.7. The summed E-state index contributed by atoms with van der Waals surface area (Å²) in [5.41, 5.74) is 10.5. The van der Waals surface area contributed by atoms with Crippen molar-refractivity contribution >= 4 is 16.8 Å². The van der Waals surface area contributed by atoms with Crippen LogP contribution in [0, 0.1) is 0 Å². The molecule has 0 saturated carbocycles. The van der Waals surface area contributed by atoms with Crippen LogP contribution in [0.3, 0.4) is 0 Å². The molecule has 1 heterocycles. The molecule has 4 rings (SSSR count). The van der Waals surface area contributed by atoms with Crippen LogP contribution < -0.4 is 15.8 Å². The van der Waals surface area contributed by atoms with Gasteiger partial charge >= 0.3 is 0 Å². The third kappa shape index (κ3) is 2.82. The van der Waals surface area contributed by atoms with Crippen molar-refractivity contribution in [3.05, 3.63) is 58.8 Å². The first-order valence-electron chi connectivity index (χ1n) is 8.85. The van der Waals surface area contributed by atoms with Crippen molar-refractivity contribution in [2.75, 3.05) is 7.11 Å². The Hall–Kier alpha value is -2.86. The molecular formula is C20H22N4O2. The van der Waals surface area contributed by atoms with E-state index in [1.165, 1.54) is 11.1 Å². The molecule has 6 nitrogen and oxygen atoms in total. The van der Waals surface area contributed by atoms with Crippen LogP contribution in [0.15, 0.2) is 36.4 Å². The van der Waals surface area contributed by atoms with Gasteiger partial charge in [0, 0.05) is 11.9 Å². The van der Waals surface area contributed by atoms with E-state index in [0.717, 1.165) is 35.7 Å². The summed E-state index contributed by atoms with van der Waals surface area (Å²) in [5, 5.41) is 11.0. The molecule has 3 aromatic rings. The molecule has 0 saturated heterocycles. The molecule has 0 bridgehead atoms. The SMILES string of the molecule is COc1cccc2c(C(=O)NC3CCCc4cc(CN)ccc43)n[nH]c12. The number of hydrogen-bond donors (Lipinski definition) is 3. The van der Waals surface area contributed by atoms with Gasteiger partial charge < -0.3 is 15.8 Å². The number of rotatable bonds is 4. The van der Waals surface area contributed by atoms with Gasteiger partial charge in [0.05, 0.1) is 13.2 Å². The topological polar surface area (TPSA) is 93.0 Å². The van der Waals surface area contributed by atoms with E-state index in [4.69, 9.17) is 10.5 Å². The molecular weight excluding hydrogens is 328 g/mol. The normalized spacial score (nSPS) is 16.3. The maximum absolute atomic E-state index is 12.9. The number of nitrogens with one attached hydrogen (secondary N) is 2. The number of para-hydroxylation sites is 1. The highest BCUT2D eigenvalue weighted by Crippen LogP contribution is 2.31. The molecule has 1 aromatic heterocycles. The first kappa shape index (κ1) is 16.6. The van der Waals surface area contributed by atoms with E-state index in [0.29, 0.717) is 18.0 Å². The lowest BCUT2D eigenvalue weighted by molar-refractivity contribution is 0.0929. The molecule has 1 atom stereocenters. The van der Waals surface area contributed by atoms with Crippen LogP contribution in [0.5, 0.6) is 5.75 Å². The van der Waals surface area contributed by atoms with E-state index in [1.54, 1.807) is 7.11 Å². The number of H-pyrrole nitrogens is 1. The lowest BCUT2D eigenvalue weighted by Gasteiger charge is -2.26. The maximum atomic E-state index is 12.9. The first-order valence-corrected chi connectivity index (χ1v) is 8.85. The monoisotopic (exact) mass is 350 g/mol. The van der Waals surface area contributed by atoms with Gasteiger partial charge in [-0.3, -0.25) is 9.89 Å². The van der Waals surface area contributed by atoms with E-state index in [-0.39, 0.29) is 11.9 Å². The van der Waals surface area contributed by atoms with Crippen molar-refractivity contribution in [1.29, 1.82) is 0 Å². The van der Waals surface area contributed by atoms with E-state index in [2.05, 4.69) is 27.6 Å². The molecule has 26 heavy (non-hydrogen) atoms. The number of benzene rings is 2. The Morgan fingerprint density at radius 3 is 3.08 bits per heavy atom. The van der Waals surface area contributed by atoms with Crippen LogP contribution in [-0.4, -0.2) is 23.2 Å². The zero-order chi connectivity index (χ0) is 18.1. The summed E-state index contributed by atoms with van der Waals surface area (Å²) >= 11 is 0. The summed E-state index contributed by atoms with van der Waals surface area (Å²) in [6, 6.07) is 11.9. The molecule has 0 radical (unpaired) electrons. The van der Waals surface area contributed by atoms with Crippen molar-refractivity contribution < 1.29 is 9.53 Å². The summed E-state index contributed by atoms with van der Waals surface area (Å²) < 4.78 is 5.33. The number of nitrogens with two attached hydrogens (primary N) is 1. The molecule has 4 N–H and O–H groups in total. The smallest absolute Gasteiger partial charge is 0.272 e. The predicted molar refractivity (Wildman–Crippen MR) is 100 cm³/mol. The van der Waals surface area contributed by atoms with Gasteiger partial charge in [-0.05, 0) is 42.0 Å². The van der Waals surface area contributed by atoms with Crippen LogP contribution in [0.1, 0.15) is 46.1 Å². The molecule has 0 aliphatic heterocycles. The van der Waals surface area contributed by atoms with E-state index >= 15 is 0 Å². The van der Waals surface area contributed by atoms with Gasteiger partial charge in [-0.2, -0.15) is 5.10 Å². The Morgan fingerprint density at radius 2 is 2.27 bits per heavy atom. The van der Waals surface area contributed by atoms with Crippen LogP contribution in [0.25, 0.3) is 10.9 Å². The number of aromatic nitrogens is 2. The van der Waals surface area contributed by atoms with Crippen molar-refractivity contribution in [3.63, 3.8) is 0 Å². The molecule has 1 aliphatic rings. The Morgan fingerprint density at radius 1 is 1.38 bits per heavy atom. The summed E-state index contributed by atoms with van der Waals surface area (Å²) in [7, 11) is 1.60. The largest absolute Gasteiger partial charge is 0.494 e. The summed E-state index contributed by atoms with van der Waals surface area (Å²) in [6.45, 7) is 0.533. The molecule has 0 fully saturated rings. The number of methoxy groups -OCH3 is 1. The number of aryl methyl sites for hydroxylation is 1. The standard InChI is InChI=1S/C20H22N4O2/c1-26-17-7-3-5-15-18(17)23-24-19(15)20(25)22-16-6-2-4-13-10-12(11-21)8-9-14(13)16/h3,5,7-10,16H,2,4,6,11,21H2,1H3,(H,22,25)(H,23,24). The minimum absolute atomic E-state index is 0.00423. The van der Waals surface area contributed by atoms with E-state index in [9.17, 15) is 4.79 Å². The number of amides is 1. The second-order valence-electron chi connectivity index (χ2n) is 6.61. The lowest BCUT2D eigenvalue weighted by Crippen LogP contribution is -2.31. The molecule has 134 valence electrons. The molecule has 1 aliphatic carbocycles. The zero-order valence-corrected chi connectivity index (χ0v) is 14.7. The minimum atomic E-state index is -0.176. The first-order chi connectivity index (χ1) is 12.7.